The van der Waals surface area contributed by atoms with Crippen LogP contribution in [0.4, 0.5) is 0 Å². The van der Waals surface area contributed by atoms with Crippen LogP contribution in [0.25, 0.3) is 0 Å². The van der Waals surface area contributed by atoms with E-state index in [1.54, 1.807) is 0 Å². The summed E-state index contributed by atoms with van der Waals surface area (Å²) >= 11 is 0. The van der Waals surface area contributed by atoms with E-state index >= 15 is 0 Å². The van der Waals surface area contributed by atoms with E-state index < -0.39 is 0 Å². The lowest BCUT2D eigenvalue weighted by Crippen LogP contribution is -2.44. The van der Waals surface area contributed by atoms with E-state index in [0.29, 0.717) is 12.0 Å². The topological polar surface area (TPSA) is 35.8 Å². The first-order valence-electron chi connectivity index (χ1n) is 6.19. The van der Waals surface area contributed by atoms with Gasteiger partial charge in [-0.1, -0.05) is 42.4 Å². The number of rotatable bonds is 2. The molecule has 2 rings (SSSR count). The second-order valence-corrected chi connectivity index (χ2v) is 4.96. The quantitative estimate of drug-likeness (QED) is 0.628. The van der Waals surface area contributed by atoms with Crippen molar-refractivity contribution in [3.05, 3.63) is 35.9 Å². The molecule has 17 heavy (non-hydrogen) atoms. The fourth-order valence-corrected chi connectivity index (χ4v) is 2.45. The zero-order valence-electron chi connectivity index (χ0n) is 10.5. The lowest BCUT2D eigenvalue weighted by Gasteiger charge is -2.37. The summed E-state index contributed by atoms with van der Waals surface area (Å²) in [7, 11) is 0. The molecule has 1 fully saturated rings. The molecule has 0 aromatic heterocycles. The molecular weight excluding hydrogens is 212 g/mol. The van der Waals surface area contributed by atoms with Crippen molar-refractivity contribution in [2.24, 2.45) is 11.1 Å². The van der Waals surface area contributed by atoms with Crippen LogP contribution in [0, 0.1) is 5.92 Å². The van der Waals surface area contributed by atoms with Crippen molar-refractivity contribution in [1.29, 1.82) is 0 Å². The Morgan fingerprint density at radius 3 is 2.65 bits per heavy atom. The summed E-state index contributed by atoms with van der Waals surface area (Å²) in [5.41, 5.74) is 2.28. The minimum atomic E-state index is 0.347. The highest BCUT2D eigenvalue weighted by Gasteiger charge is 2.27. The third-order valence-corrected chi connectivity index (χ3v) is 3.56. The molecule has 0 saturated carbocycles. The molecule has 1 aromatic carbocycles. The van der Waals surface area contributed by atoms with Gasteiger partial charge in [-0.25, -0.2) is 0 Å². The molecule has 1 heterocycles. The number of benzene rings is 1. The highest BCUT2D eigenvalue weighted by molar-refractivity contribution is 5.87. The van der Waals surface area contributed by atoms with E-state index in [0.717, 1.165) is 25.2 Å². The Hall–Kier alpha value is -1.35. The van der Waals surface area contributed by atoms with Crippen molar-refractivity contribution in [3.63, 3.8) is 0 Å². The first-order valence-corrected chi connectivity index (χ1v) is 6.19. The van der Waals surface area contributed by atoms with Crippen LogP contribution >= 0.6 is 0 Å². The van der Waals surface area contributed by atoms with E-state index in [1.807, 2.05) is 6.07 Å². The summed E-state index contributed by atoms with van der Waals surface area (Å²) in [6, 6.07) is 11.0. The summed E-state index contributed by atoms with van der Waals surface area (Å²) in [4.78, 5) is 2.45. The number of piperidine rings is 1. The summed E-state index contributed by atoms with van der Waals surface area (Å²) in [6.45, 7) is 6.26. The number of nitrogens with zero attached hydrogens (tertiary/aromatic N) is 2. The van der Waals surface area contributed by atoms with Crippen molar-refractivity contribution in [3.8, 4) is 0 Å². The molecule has 1 aliphatic rings. The van der Waals surface area contributed by atoms with Crippen molar-refractivity contribution in [1.82, 2.24) is 4.90 Å². The molecule has 0 bridgehead atoms. The molecule has 0 aliphatic carbocycles. The molecule has 2 atom stereocenters. The Morgan fingerprint density at radius 1 is 1.29 bits per heavy atom. The van der Waals surface area contributed by atoms with Gasteiger partial charge >= 0.3 is 0 Å². The highest BCUT2D eigenvalue weighted by atomic mass is 16.4. The average Bonchev–Trinajstić information content (AvgIpc) is 2.34. The van der Waals surface area contributed by atoms with Gasteiger partial charge in [0.15, 0.2) is 0 Å². The van der Waals surface area contributed by atoms with Crippen LogP contribution in [0.3, 0.4) is 0 Å². The van der Waals surface area contributed by atoms with Gasteiger partial charge in [0.25, 0.3) is 0 Å². The number of oxime groups is 1. The summed E-state index contributed by atoms with van der Waals surface area (Å²) in [5, 5.41) is 12.3. The van der Waals surface area contributed by atoms with Crippen molar-refractivity contribution < 1.29 is 5.21 Å². The molecule has 3 heteroatoms. The average molecular weight is 232 g/mol. The van der Waals surface area contributed by atoms with Gasteiger partial charge in [0.05, 0.1) is 5.71 Å². The normalized spacial score (nSPS) is 28.5. The van der Waals surface area contributed by atoms with Crippen LogP contribution in [-0.4, -0.2) is 28.4 Å². The minimum absolute atomic E-state index is 0.347. The van der Waals surface area contributed by atoms with Crippen molar-refractivity contribution in [2.45, 2.75) is 32.9 Å². The highest BCUT2D eigenvalue weighted by Crippen LogP contribution is 2.21. The number of likely N-dealkylation sites (tertiary alicyclic amines) is 1. The molecule has 1 aromatic rings. The lowest BCUT2D eigenvalue weighted by atomic mass is 9.92. The fraction of sp³-hybridized carbons (Fsp3) is 0.500. The van der Waals surface area contributed by atoms with Crippen LogP contribution in [0.1, 0.15) is 25.8 Å². The van der Waals surface area contributed by atoms with Gasteiger partial charge in [0, 0.05) is 31.5 Å². The number of hydrogen-bond donors (Lipinski definition) is 1. The molecule has 0 unspecified atom stereocenters. The predicted molar refractivity (Wildman–Crippen MR) is 69.3 cm³/mol. The minimum Gasteiger partial charge on any atom is -0.411 e. The maximum Gasteiger partial charge on any atom is 0.0627 e. The Labute approximate surface area is 103 Å². The zero-order chi connectivity index (χ0) is 12.3. The Morgan fingerprint density at radius 2 is 2.00 bits per heavy atom. The Kier molecular flexibility index (Phi) is 3.79. The Bertz CT molecular complexity index is 388. The van der Waals surface area contributed by atoms with E-state index in [-0.39, 0.29) is 0 Å². The zero-order valence-corrected chi connectivity index (χ0v) is 10.5. The Balaban J connectivity index is 2.03. The first kappa shape index (κ1) is 12.1. The van der Waals surface area contributed by atoms with Gasteiger partial charge in [-0.05, 0) is 12.5 Å². The van der Waals surface area contributed by atoms with Gasteiger partial charge < -0.3 is 5.21 Å². The first-order chi connectivity index (χ1) is 8.20. The van der Waals surface area contributed by atoms with Crippen LogP contribution in [0.2, 0.25) is 0 Å². The molecule has 1 N–H and O–H groups in total. The molecule has 3 nitrogen and oxygen atoms in total. The molecule has 0 amide bonds. The molecule has 1 aliphatic heterocycles. The largest absolute Gasteiger partial charge is 0.411 e. The van der Waals surface area contributed by atoms with Crippen molar-refractivity contribution in [2.75, 3.05) is 6.54 Å². The summed E-state index contributed by atoms with van der Waals surface area (Å²) in [5.74, 6) is 0.347. The molecule has 0 spiro atoms. The van der Waals surface area contributed by atoms with Crippen LogP contribution in [0.15, 0.2) is 35.5 Å². The van der Waals surface area contributed by atoms with Crippen molar-refractivity contribution >= 4 is 5.71 Å². The molecule has 92 valence electrons. The number of hydrogen-bond acceptors (Lipinski definition) is 3. The molecule has 0 radical (unpaired) electrons. The van der Waals surface area contributed by atoms with Gasteiger partial charge in [0.1, 0.15) is 0 Å². The second-order valence-electron chi connectivity index (χ2n) is 4.96. The lowest BCUT2D eigenvalue weighted by molar-refractivity contribution is 0.168. The standard InChI is InChI=1S/C14H20N2O/c1-11-9-16(12(2)8-14(11)15-17)10-13-6-4-3-5-7-13/h3-7,11-12,17H,8-10H2,1-2H3/b15-14+/t11-,12+/m0/s1. The second kappa shape index (κ2) is 5.32. The third kappa shape index (κ3) is 2.86. The maximum absolute atomic E-state index is 8.92. The molecule has 1 saturated heterocycles. The smallest absolute Gasteiger partial charge is 0.0627 e. The van der Waals surface area contributed by atoms with Gasteiger partial charge in [0.2, 0.25) is 0 Å². The van der Waals surface area contributed by atoms with E-state index in [9.17, 15) is 0 Å². The third-order valence-electron chi connectivity index (χ3n) is 3.56. The predicted octanol–water partition coefficient (Wildman–Crippen LogP) is 2.75. The van der Waals surface area contributed by atoms with Crippen LogP contribution in [0.5, 0.6) is 0 Å². The monoisotopic (exact) mass is 232 g/mol. The van der Waals surface area contributed by atoms with Crippen LogP contribution < -0.4 is 0 Å². The van der Waals surface area contributed by atoms with Crippen LogP contribution in [-0.2, 0) is 6.54 Å². The summed E-state index contributed by atoms with van der Waals surface area (Å²) < 4.78 is 0. The van der Waals surface area contributed by atoms with E-state index in [1.165, 1.54) is 5.56 Å². The maximum atomic E-state index is 8.92. The van der Waals surface area contributed by atoms with Gasteiger partial charge in [-0.3, -0.25) is 4.90 Å². The van der Waals surface area contributed by atoms with E-state index in [2.05, 4.69) is 48.2 Å². The SMILES string of the molecule is C[C@@H]1C/C(=N\O)[C@@H](C)CN1Cc1ccccc1. The summed E-state index contributed by atoms with van der Waals surface area (Å²) in [6.07, 6.45) is 0.866. The van der Waals surface area contributed by atoms with Gasteiger partial charge in [-0.15, -0.1) is 0 Å². The van der Waals surface area contributed by atoms with Gasteiger partial charge in [-0.2, -0.15) is 0 Å². The fourth-order valence-electron chi connectivity index (χ4n) is 2.45. The molecular formula is C14H20N2O. The van der Waals surface area contributed by atoms with E-state index in [4.69, 9.17) is 5.21 Å².